The Morgan fingerprint density at radius 3 is 2.88 bits per heavy atom. The summed E-state index contributed by atoms with van der Waals surface area (Å²) >= 11 is 4.99. The quantitative estimate of drug-likeness (QED) is 0.672. The predicted octanol–water partition coefficient (Wildman–Crippen LogP) is 2.36. The summed E-state index contributed by atoms with van der Waals surface area (Å²) in [5, 5.41) is 3.07. The fourth-order valence-corrected chi connectivity index (χ4v) is 2.43. The first-order chi connectivity index (χ1) is 8.19. The molecule has 0 radical (unpaired) electrons. The fourth-order valence-electron chi connectivity index (χ4n) is 1.53. The van der Waals surface area contributed by atoms with E-state index in [0.29, 0.717) is 0 Å². The van der Waals surface area contributed by atoms with Crippen molar-refractivity contribution in [2.24, 2.45) is 5.84 Å². The molecule has 0 saturated carbocycles. The highest BCUT2D eigenvalue weighted by Crippen LogP contribution is 2.19. The minimum Gasteiger partial charge on any atom is -0.271 e. The Labute approximate surface area is 112 Å². The Hall–Kier alpha value is -0.820. The number of thiazole rings is 1. The van der Waals surface area contributed by atoms with E-state index in [0.717, 1.165) is 27.3 Å². The van der Waals surface area contributed by atoms with E-state index < -0.39 is 0 Å². The van der Waals surface area contributed by atoms with Gasteiger partial charge < -0.3 is 0 Å². The maximum atomic E-state index is 5.57. The van der Waals surface area contributed by atoms with E-state index in [4.69, 9.17) is 5.84 Å². The fraction of sp³-hybridized carbons (Fsp3) is 0.273. The lowest BCUT2D eigenvalue weighted by atomic mass is 10.1. The molecule has 4 nitrogen and oxygen atoms in total. The molecule has 0 aromatic carbocycles. The van der Waals surface area contributed by atoms with Gasteiger partial charge in [-0.25, -0.2) is 4.98 Å². The minimum atomic E-state index is 0.00799. The maximum Gasteiger partial charge on any atom is 0.0898 e. The number of aryl methyl sites for hydroxylation is 1. The first-order valence-electron chi connectivity index (χ1n) is 5.17. The summed E-state index contributed by atoms with van der Waals surface area (Å²) in [6, 6.07) is 3.96. The third kappa shape index (κ3) is 3.32. The van der Waals surface area contributed by atoms with Crippen molar-refractivity contribution >= 4 is 27.3 Å². The molecule has 2 aromatic heterocycles. The molecule has 0 saturated heterocycles. The van der Waals surface area contributed by atoms with Crippen LogP contribution in [0.4, 0.5) is 0 Å². The summed E-state index contributed by atoms with van der Waals surface area (Å²) in [7, 11) is 0. The molecule has 0 aliphatic carbocycles. The highest BCUT2D eigenvalue weighted by atomic mass is 79.9. The van der Waals surface area contributed by atoms with Crippen LogP contribution in [0.15, 0.2) is 28.2 Å². The average Bonchev–Trinajstić information content (AvgIpc) is 2.75. The topological polar surface area (TPSA) is 63.8 Å². The zero-order chi connectivity index (χ0) is 12.3. The molecule has 17 heavy (non-hydrogen) atoms. The van der Waals surface area contributed by atoms with Crippen LogP contribution in [0.5, 0.6) is 0 Å². The van der Waals surface area contributed by atoms with E-state index in [1.807, 2.05) is 24.4 Å². The smallest absolute Gasteiger partial charge is 0.0898 e. The van der Waals surface area contributed by atoms with Crippen molar-refractivity contribution < 1.29 is 0 Å². The Kier molecular flexibility index (Phi) is 4.22. The molecule has 6 heteroatoms. The van der Waals surface area contributed by atoms with Gasteiger partial charge in [-0.1, -0.05) is 0 Å². The van der Waals surface area contributed by atoms with Gasteiger partial charge in [0, 0.05) is 28.2 Å². The second-order valence-electron chi connectivity index (χ2n) is 3.68. The molecule has 3 N–H and O–H groups in total. The van der Waals surface area contributed by atoms with E-state index in [2.05, 4.69) is 31.3 Å². The third-order valence-electron chi connectivity index (χ3n) is 2.40. The van der Waals surface area contributed by atoms with Crippen molar-refractivity contribution in [2.75, 3.05) is 0 Å². The van der Waals surface area contributed by atoms with Crippen LogP contribution in [0.25, 0.3) is 0 Å². The molecular formula is C11H13BrN4S. The standard InChI is InChI=1S/C11H13BrN4S/c1-7-15-11(6-17-7)10(16-13)4-9-3-2-8(12)5-14-9/h2-3,5-6,10,16H,4,13H2,1H3. The van der Waals surface area contributed by atoms with Gasteiger partial charge in [0.05, 0.1) is 16.7 Å². The highest BCUT2D eigenvalue weighted by molar-refractivity contribution is 9.10. The van der Waals surface area contributed by atoms with Gasteiger partial charge in [0.25, 0.3) is 0 Å². The second-order valence-corrected chi connectivity index (χ2v) is 5.66. The monoisotopic (exact) mass is 312 g/mol. The number of pyridine rings is 1. The first-order valence-corrected chi connectivity index (χ1v) is 6.85. The summed E-state index contributed by atoms with van der Waals surface area (Å²) in [4.78, 5) is 8.77. The molecule has 1 unspecified atom stereocenters. The summed E-state index contributed by atoms with van der Waals surface area (Å²) in [6.45, 7) is 1.99. The van der Waals surface area contributed by atoms with E-state index in [-0.39, 0.29) is 6.04 Å². The number of hydrogen-bond donors (Lipinski definition) is 2. The van der Waals surface area contributed by atoms with Crippen molar-refractivity contribution in [1.29, 1.82) is 0 Å². The van der Waals surface area contributed by atoms with Gasteiger partial charge in [-0.15, -0.1) is 11.3 Å². The molecule has 2 aromatic rings. The number of hydrazine groups is 1. The molecule has 2 rings (SSSR count). The Morgan fingerprint density at radius 2 is 2.35 bits per heavy atom. The molecule has 2 heterocycles. The second kappa shape index (κ2) is 5.68. The molecule has 0 amide bonds. The number of hydrogen-bond acceptors (Lipinski definition) is 5. The van der Waals surface area contributed by atoms with Gasteiger partial charge in [-0.3, -0.25) is 16.3 Å². The van der Waals surface area contributed by atoms with Gasteiger partial charge >= 0.3 is 0 Å². The Morgan fingerprint density at radius 1 is 1.53 bits per heavy atom. The van der Waals surface area contributed by atoms with E-state index in [1.165, 1.54) is 0 Å². The average molecular weight is 313 g/mol. The van der Waals surface area contributed by atoms with Crippen LogP contribution in [0.1, 0.15) is 22.4 Å². The number of nitrogens with zero attached hydrogens (tertiary/aromatic N) is 2. The summed E-state index contributed by atoms with van der Waals surface area (Å²) in [6.07, 6.45) is 2.52. The van der Waals surface area contributed by atoms with Gasteiger partial charge in [0.1, 0.15) is 0 Å². The van der Waals surface area contributed by atoms with E-state index in [1.54, 1.807) is 17.5 Å². The van der Waals surface area contributed by atoms with E-state index >= 15 is 0 Å². The molecule has 0 bridgehead atoms. The number of nitrogens with two attached hydrogens (primary N) is 1. The van der Waals surface area contributed by atoms with Crippen molar-refractivity contribution in [1.82, 2.24) is 15.4 Å². The summed E-state index contributed by atoms with van der Waals surface area (Å²) < 4.78 is 0.975. The predicted molar refractivity (Wildman–Crippen MR) is 72.6 cm³/mol. The van der Waals surface area contributed by atoms with Gasteiger partial charge in [0.2, 0.25) is 0 Å². The lowest BCUT2D eigenvalue weighted by Crippen LogP contribution is -2.30. The van der Waals surface area contributed by atoms with Crippen molar-refractivity contribution in [3.8, 4) is 0 Å². The van der Waals surface area contributed by atoms with E-state index in [9.17, 15) is 0 Å². The largest absolute Gasteiger partial charge is 0.271 e. The van der Waals surface area contributed by atoms with Crippen molar-refractivity contribution in [2.45, 2.75) is 19.4 Å². The van der Waals surface area contributed by atoms with Crippen LogP contribution in [0.2, 0.25) is 0 Å². The van der Waals surface area contributed by atoms with Gasteiger partial charge in [0.15, 0.2) is 0 Å². The molecule has 0 fully saturated rings. The van der Waals surface area contributed by atoms with Crippen LogP contribution in [0, 0.1) is 6.92 Å². The van der Waals surface area contributed by atoms with Crippen LogP contribution in [-0.4, -0.2) is 9.97 Å². The molecule has 0 aliphatic rings. The summed E-state index contributed by atoms with van der Waals surface area (Å²) in [5.41, 5.74) is 4.75. The summed E-state index contributed by atoms with van der Waals surface area (Å²) in [5.74, 6) is 5.57. The molecule has 0 aliphatic heterocycles. The first kappa shape index (κ1) is 12.6. The Bertz CT molecular complexity index is 482. The van der Waals surface area contributed by atoms with Gasteiger partial charge in [-0.05, 0) is 35.0 Å². The van der Waals surface area contributed by atoms with Crippen LogP contribution in [0.3, 0.4) is 0 Å². The van der Waals surface area contributed by atoms with Crippen LogP contribution >= 0.6 is 27.3 Å². The van der Waals surface area contributed by atoms with Crippen molar-refractivity contribution in [3.63, 3.8) is 0 Å². The van der Waals surface area contributed by atoms with Crippen LogP contribution in [-0.2, 0) is 6.42 Å². The molecule has 1 atom stereocenters. The zero-order valence-electron chi connectivity index (χ0n) is 9.35. The normalized spacial score (nSPS) is 12.6. The SMILES string of the molecule is Cc1nc(C(Cc2ccc(Br)cn2)NN)cs1. The molecule has 90 valence electrons. The minimum absolute atomic E-state index is 0.00799. The maximum absolute atomic E-state index is 5.57. The lowest BCUT2D eigenvalue weighted by Gasteiger charge is -2.12. The zero-order valence-corrected chi connectivity index (χ0v) is 11.8. The van der Waals surface area contributed by atoms with Crippen molar-refractivity contribution in [3.05, 3.63) is 44.6 Å². The van der Waals surface area contributed by atoms with Gasteiger partial charge in [-0.2, -0.15) is 0 Å². The lowest BCUT2D eigenvalue weighted by molar-refractivity contribution is 0.534. The highest BCUT2D eigenvalue weighted by Gasteiger charge is 2.14. The number of rotatable bonds is 4. The third-order valence-corrected chi connectivity index (χ3v) is 3.66. The Balaban J connectivity index is 2.12. The number of halogens is 1. The number of nitrogens with one attached hydrogen (secondary N) is 1. The molecule has 0 spiro atoms. The van der Waals surface area contributed by atoms with Crippen LogP contribution < -0.4 is 11.3 Å². The molecular weight excluding hydrogens is 300 g/mol. The number of aromatic nitrogens is 2.